The number of ether oxygens (including phenoxy) is 1. The van der Waals surface area contributed by atoms with Gasteiger partial charge in [-0.1, -0.05) is 24.3 Å². The van der Waals surface area contributed by atoms with Crippen LogP contribution in [0.4, 0.5) is 5.69 Å². The number of hydrogen-bond donors (Lipinski definition) is 1. The number of nitrogens with zero attached hydrogens (tertiary/aromatic N) is 1. The van der Waals surface area contributed by atoms with Crippen LogP contribution < -0.4 is 5.32 Å². The summed E-state index contributed by atoms with van der Waals surface area (Å²) in [5, 5.41) is 4.80. The molecule has 7 heteroatoms. The second kappa shape index (κ2) is 8.51. The monoisotopic (exact) mass is 420 g/mol. The number of fused-ring (bicyclic) bond motifs is 1. The zero-order valence-corrected chi connectivity index (χ0v) is 17.1. The van der Waals surface area contributed by atoms with E-state index in [1.165, 1.54) is 18.4 Å². The van der Waals surface area contributed by atoms with Crippen LogP contribution in [-0.4, -0.2) is 29.8 Å². The first-order valence-corrected chi connectivity index (χ1v) is 10.4. The second-order valence-corrected chi connectivity index (χ2v) is 7.92. The Morgan fingerprint density at radius 3 is 2.53 bits per heavy atom. The molecule has 0 aliphatic carbocycles. The third-order valence-electron chi connectivity index (χ3n) is 5.07. The third-order valence-corrected chi connectivity index (χ3v) is 6.04. The minimum absolute atomic E-state index is 0.0563. The summed E-state index contributed by atoms with van der Waals surface area (Å²) in [6, 6.07) is 17.6. The van der Waals surface area contributed by atoms with Crippen molar-refractivity contribution < 1.29 is 19.1 Å². The Bertz CT molecular complexity index is 1080. The summed E-state index contributed by atoms with van der Waals surface area (Å²) in [5.74, 6) is -0.694. The van der Waals surface area contributed by atoms with Crippen molar-refractivity contribution in [1.82, 2.24) is 4.90 Å². The van der Waals surface area contributed by atoms with Crippen LogP contribution in [0.1, 0.15) is 43.6 Å². The summed E-state index contributed by atoms with van der Waals surface area (Å²) in [6.45, 7) is 0.485. The lowest BCUT2D eigenvalue weighted by Crippen LogP contribution is -2.31. The van der Waals surface area contributed by atoms with Crippen molar-refractivity contribution in [3.8, 4) is 0 Å². The molecule has 1 atom stereocenters. The number of esters is 1. The SMILES string of the molecule is COC(=O)c1ccc(NC(=O)C[C@H](c2cccs2)N2Cc3ccccc3C2=O)cc1. The van der Waals surface area contributed by atoms with Gasteiger partial charge >= 0.3 is 5.97 Å². The van der Waals surface area contributed by atoms with Gasteiger partial charge in [0.1, 0.15) is 0 Å². The molecule has 0 saturated carbocycles. The van der Waals surface area contributed by atoms with Gasteiger partial charge in [0.2, 0.25) is 5.91 Å². The fraction of sp³-hybridized carbons (Fsp3) is 0.174. The second-order valence-electron chi connectivity index (χ2n) is 6.94. The Kier molecular flexibility index (Phi) is 5.63. The van der Waals surface area contributed by atoms with Crippen molar-refractivity contribution in [1.29, 1.82) is 0 Å². The molecular weight excluding hydrogens is 400 g/mol. The first-order valence-electron chi connectivity index (χ1n) is 9.47. The maximum absolute atomic E-state index is 13.0. The number of thiophene rings is 1. The zero-order valence-electron chi connectivity index (χ0n) is 16.3. The van der Waals surface area contributed by atoms with Crippen LogP contribution in [0.3, 0.4) is 0 Å². The Labute approximate surface area is 178 Å². The molecule has 0 bridgehead atoms. The number of nitrogens with one attached hydrogen (secondary N) is 1. The minimum atomic E-state index is -0.433. The average Bonchev–Trinajstić information content (AvgIpc) is 3.41. The highest BCUT2D eigenvalue weighted by Gasteiger charge is 2.34. The smallest absolute Gasteiger partial charge is 0.337 e. The fourth-order valence-corrected chi connectivity index (χ4v) is 4.41. The summed E-state index contributed by atoms with van der Waals surface area (Å²) in [7, 11) is 1.32. The van der Waals surface area contributed by atoms with Gasteiger partial charge in [0, 0.05) is 22.7 Å². The van der Waals surface area contributed by atoms with Gasteiger partial charge in [-0.25, -0.2) is 4.79 Å². The molecule has 1 aromatic heterocycles. The number of hydrogen-bond acceptors (Lipinski definition) is 5. The van der Waals surface area contributed by atoms with Crippen LogP contribution in [-0.2, 0) is 16.1 Å². The van der Waals surface area contributed by atoms with Crippen molar-refractivity contribution in [2.75, 3.05) is 12.4 Å². The maximum Gasteiger partial charge on any atom is 0.337 e. The first kappa shape index (κ1) is 19.8. The van der Waals surface area contributed by atoms with Crippen LogP contribution in [0.5, 0.6) is 0 Å². The van der Waals surface area contributed by atoms with Crippen molar-refractivity contribution in [3.63, 3.8) is 0 Å². The van der Waals surface area contributed by atoms with Gasteiger partial charge in [0.05, 0.1) is 25.1 Å². The summed E-state index contributed by atoms with van der Waals surface area (Å²) in [4.78, 5) is 40.0. The van der Waals surface area contributed by atoms with Crippen LogP contribution in [0.15, 0.2) is 66.0 Å². The van der Waals surface area contributed by atoms with Crippen LogP contribution in [0.25, 0.3) is 0 Å². The van der Waals surface area contributed by atoms with Crippen molar-refractivity contribution >= 4 is 34.8 Å². The lowest BCUT2D eigenvalue weighted by atomic mass is 10.1. The van der Waals surface area contributed by atoms with Crippen LogP contribution in [0.2, 0.25) is 0 Å². The number of anilines is 1. The van der Waals surface area contributed by atoms with E-state index in [2.05, 4.69) is 10.1 Å². The first-order chi connectivity index (χ1) is 14.6. The number of methoxy groups -OCH3 is 1. The number of amides is 2. The Hall–Kier alpha value is -3.45. The molecule has 0 unspecified atom stereocenters. The van der Waals surface area contributed by atoms with Crippen molar-refractivity contribution in [3.05, 3.63) is 87.6 Å². The van der Waals surface area contributed by atoms with Gasteiger partial charge < -0.3 is 15.0 Å². The molecule has 152 valence electrons. The van der Waals surface area contributed by atoms with Gasteiger partial charge in [-0.05, 0) is 47.3 Å². The van der Waals surface area contributed by atoms with E-state index >= 15 is 0 Å². The lowest BCUT2D eigenvalue weighted by molar-refractivity contribution is -0.117. The normalized spacial score (nSPS) is 13.6. The number of benzene rings is 2. The number of carbonyl (C=O) groups is 3. The highest BCUT2D eigenvalue weighted by molar-refractivity contribution is 7.10. The molecule has 1 aliphatic heterocycles. The Morgan fingerprint density at radius 1 is 1.10 bits per heavy atom. The van der Waals surface area contributed by atoms with E-state index in [-0.39, 0.29) is 24.3 Å². The van der Waals surface area contributed by atoms with E-state index in [0.717, 1.165) is 10.4 Å². The number of rotatable bonds is 6. The molecule has 3 aromatic rings. The van der Waals surface area contributed by atoms with Crippen molar-refractivity contribution in [2.45, 2.75) is 19.0 Å². The fourth-order valence-electron chi connectivity index (χ4n) is 3.57. The Morgan fingerprint density at radius 2 is 1.87 bits per heavy atom. The standard InChI is InChI=1S/C23H20N2O4S/c1-29-23(28)15-8-10-17(11-9-15)24-21(26)13-19(20-7-4-12-30-20)25-14-16-5-2-3-6-18(16)22(25)27/h2-12,19H,13-14H2,1H3,(H,24,26)/t19-/m1/s1. The molecule has 4 rings (SSSR count). The van der Waals surface area contributed by atoms with E-state index in [9.17, 15) is 14.4 Å². The van der Waals surface area contributed by atoms with E-state index in [4.69, 9.17) is 0 Å². The predicted molar refractivity (Wildman–Crippen MR) is 114 cm³/mol. The van der Waals surface area contributed by atoms with Gasteiger partial charge in [-0.15, -0.1) is 11.3 Å². The zero-order chi connectivity index (χ0) is 21.1. The van der Waals surface area contributed by atoms with E-state index in [1.54, 1.807) is 29.2 Å². The summed E-state index contributed by atoms with van der Waals surface area (Å²) in [6.07, 6.45) is 0.138. The highest BCUT2D eigenvalue weighted by atomic mass is 32.1. The third kappa shape index (κ3) is 3.97. The van der Waals surface area contributed by atoms with E-state index < -0.39 is 5.97 Å². The maximum atomic E-state index is 13.0. The summed E-state index contributed by atoms with van der Waals surface area (Å²) >= 11 is 1.53. The Balaban J connectivity index is 1.50. The van der Waals surface area contributed by atoms with Gasteiger partial charge in [0.15, 0.2) is 0 Å². The molecule has 2 amide bonds. The molecule has 2 heterocycles. The molecule has 30 heavy (non-hydrogen) atoms. The summed E-state index contributed by atoms with van der Waals surface area (Å²) < 4.78 is 4.68. The van der Waals surface area contributed by atoms with Gasteiger partial charge in [-0.3, -0.25) is 9.59 Å². The summed E-state index contributed by atoms with van der Waals surface area (Å²) in [5.41, 5.74) is 2.65. The molecule has 0 radical (unpaired) electrons. The molecule has 0 fully saturated rings. The quantitative estimate of drug-likeness (QED) is 0.605. The van der Waals surface area contributed by atoms with Crippen LogP contribution in [0, 0.1) is 0 Å². The van der Waals surface area contributed by atoms with Crippen LogP contribution >= 0.6 is 11.3 Å². The van der Waals surface area contributed by atoms with E-state index in [0.29, 0.717) is 23.4 Å². The molecular formula is C23H20N2O4S. The minimum Gasteiger partial charge on any atom is -0.465 e. The van der Waals surface area contributed by atoms with Gasteiger partial charge in [0.25, 0.3) is 5.91 Å². The average molecular weight is 420 g/mol. The van der Waals surface area contributed by atoms with E-state index in [1.807, 2.05) is 41.8 Å². The predicted octanol–water partition coefficient (Wildman–Crippen LogP) is 4.26. The largest absolute Gasteiger partial charge is 0.465 e. The van der Waals surface area contributed by atoms with Crippen molar-refractivity contribution in [2.24, 2.45) is 0 Å². The molecule has 6 nitrogen and oxygen atoms in total. The highest BCUT2D eigenvalue weighted by Crippen LogP contribution is 2.35. The molecule has 1 aliphatic rings. The van der Waals surface area contributed by atoms with Gasteiger partial charge in [-0.2, -0.15) is 0 Å². The number of carbonyl (C=O) groups excluding carboxylic acids is 3. The molecule has 0 spiro atoms. The molecule has 1 N–H and O–H groups in total. The molecule has 0 saturated heterocycles. The lowest BCUT2D eigenvalue weighted by Gasteiger charge is -2.26. The topological polar surface area (TPSA) is 75.7 Å². The molecule has 2 aromatic carbocycles.